The Labute approximate surface area is 98.0 Å². The van der Waals surface area contributed by atoms with E-state index in [-0.39, 0.29) is 5.56 Å². The first-order chi connectivity index (χ1) is 7.58. The Bertz CT molecular complexity index is 415. The van der Waals surface area contributed by atoms with E-state index in [1.807, 2.05) is 0 Å². The van der Waals surface area contributed by atoms with Gasteiger partial charge in [-0.3, -0.25) is 4.79 Å². The largest absolute Gasteiger partial charge is 0.481 e. The minimum atomic E-state index is -1.52. The second-order valence-electron chi connectivity index (χ2n) is 4.20. The lowest BCUT2D eigenvalue weighted by molar-refractivity contribution is -0.161. The number of aliphatic carboxylic acids is 1. The fraction of sp³-hybridized carbons (Fsp3) is 0.417. The van der Waals surface area contributed by atoms with E-state index in [1.54, 1.807) is 24.3 Å². The maximum absolute atomic E-state index is 14.3. The van der Waals surface area contributed by atoms with Crippen LogP contribution in [0.5, 0.6) is 0 Å². The highest BCUT2D eigenvalue weighted by Gasteiger charge is 2.52. The van der Waals surface area contributed by atoms with Gasteiger partial charge in [0.2, 0.25) is 0 Å². The van der Waals surface area contributed by atoms with Crippen LogP contribution in [0.25, 0.3) is 0 Å². The molecule has 0 spiro atoms. The molecule has 0 bridgehead atoms. The molecule has 0 heterocycles. The number of halogens is 2. The van der Waals surface area contributed by atoms with Crippen molar-refractivity contribution in [2.75, 3.05) is 0 Å². The summed E-state index contributed by atoms with van der Waals surface area (Å²) in [6, 6.07) is 6.50. The molecule has 4 heteroatoms. The van der Waals surface area contributed by atoms with Crippen LogP contribution in [0.1, 0.15) is 31.0 Å². The molecule has 0 radical (unpaired) electrons. The number of carboxylic acid groups (broad SMARTS) is 1. The highest BCUT2D eigenvalue weighted by Crippen LogP contribution is 2.53. The van der Waals surface area contributed by atoms with Crippen molar-refractivity contribution in [3.8, 4) is 0 Å². The Morgan fingerprint density at radius 1 is 1.44 bits per heavy atom. The molecule has 2 nitrogen and oxygen atoms in total. The van der Waals surface area contributed by atoms with Gasteiger partial charge in [0.25, 0.3) is 0 Å². The normalized spacial score (nSPS) is 19.9. The zero-order valence-electron chi connectivity index (χ0n) is 8.62. The minimum absolute atomic E-state index is 0.284. The highest BCUT2D eigenvalue weighted by molar-refractivity contribution is 6.31. The lowest BCUT2D eigenvalue weighted by Gasteiger charge is -2.40. The minimum Gasteiger partial charge on any atom is -0.481 e. The Kier molecular flexibility index (Phi) is 2.89. The lowest BCUT2D eigenvalue weighted by Crippen LogP contribution is -2.41. The van der Waals surface area contributed by atoms with E-state index in [4.69, 9.17) is 16.7 Å². The molecular weight excluding hydrogens is 231 g/mol. The van der Waals surface area contributed by atoms with Gasteiger partial charge in [-0.1, -0.05) is 36.2 Å². The summed E-state index contributed by atoms with van der Waals surface area (Å²) in [4.78, 5) is 11.1. The number of carboxylic acids is 1. The van der Waals surface area contributed by atoms with Gasteiger partial charge >= 0.3 is 5.97 Å². The van der Waals surface area contributed by atoms with Gasteiger partial charge in [0.05, 0.1) is 0 Å². The van der Waals surface area contributed by atoms with Crippen molar-refractivity contribution in [2.24, 2.45) is 5.41 Å². The van der Waals surface area contributed by atoms with Crippen LogP contribution in [0.15, 0.2) is 24.3 Å². The molecule has 1 aromatic carbocycles. The molecule has 2 rings (SSSR count). The van der Waals surface area contributed by atoms with E-state index in [0.717, 1.165) is 6.42 Å². The van der Waals surface area contributed by atoms with E-state index in [1.165, 1.54) is 0 Å². The Morgan fingerprint density at radius 2 is 2.06 bits per heavy atom. The number of hydrogen-bond donors (Lipinski definition) is 1. The van der Waals surface area contributed by atoms with Crippen LogP contribution in [-0.4, -0.2) is 11.1 Å². The molecule has 0 saturated heterocycles. The fourth-order valence-electron chi connectivity index (χ4n) is 2.11. The van der Waals surface area contributed by atoms with E-state index in [9.17, 15) is 9.18 Å². The standard InChI is InChI=1S/C12H12ClFO2/c13-9-5-2-1-4-8(9)10(14)12(11(15)16)6-3-7-12/h1-2,4-5,10H,3,6-7H2,(H,15,16). The van der Waals surface area contributed by atoms with E-state index in [0.29, 0.717) is 17.9 Å². The molecule has 0 aromatic heterocycles. The van der Waals surface area contributed by atoms with Gasteiger partial charge in [-0.15, -0.1) is 0 Å². The van der Waals surface area contributed by atoms with Gasteiger partial charge in [0.15, 0.2) is 0 Å². The molecule has 1 aromatic rings. The van der Waals surface area contributed by atoms with Crippen molar-refractivity contribution >= 4 is 17.6 Å². The van der Waals surface area contributed by atoms with Crippen molar-refractivity contribution in [1.82, 2.24) is 0 Å². The quantitative estimate of drug-likeness (QED) is 0.879. The zero-order chi connectivity index (χ0) is 11.8. The van der Waals surface area contributed by atoms with Crippen molar-refractivity contribution in [3.63, 3.8) is 0 Å². The van der Waals surface area contributed by atoms with Crippen LogP contribution in [0.3, 0.4) is 0 Å². The van der Waals surface area contributed by atoms with Crippen molar-refractivity contribution < 1.29 is 14.3 Å². The smallest absolute Gasteiger partial charge is 0.312 e. The molecular formula is C12H12ClFO2. The van der Waals surface area contributed by atoms with Crippen LogP contribution in [0.4, 0.5) is 4.39 Å². The van der Waals surface area contributed by atoms with Crippen LogP contribution in [0.2, 0.25) is 5.02 Å². The second-order valence-corrected chi connectivity index (χ2v) is 4.61. The molecule has 1 saturated carbocycles. The molecule has 1 unspecified atom stereocenters. The molecule has 1 aliphatic rings. The third-order valence-corrected chi connectivity index (χ3v) is 3.68. The summed E-state index contributed by atoms with van der Waals surface area (Å²) < 4.78 is 14.3. The fourth-order valence-corrected chi connectivity index (χ4v) is 2.34. The summed E-state index contributed by atoms with van der Waals surface area (Å²) in [5, 5.41) is 9.42. The van der Waals surface area contributed by atoms with E-state index >= 15 is 0 Å². The van der Waals surface area contributed by atoms with Crippen molar-refractivity contribution in [1.29, 1.82) is 0 Å². The molecule has 0 amide bonds. The van der Waals surface area contributed by atoms with E-state index in [2.05, 4.69) is 0 Å². The molecule has 1 N–H and O–H groups in total. The summed E-state index contributed by atoms with van der Waals surface area (Å²) in [5.41, 5.74) is -0.975. The molecule has 1 fully saturated rings. The summed E-state index contributed by atoms with van der Waals surface area (Å²) in [6.45, 7) is 0. The topological polar surface area (TPSA) is 37.3 Å². The first kappa shape index (κ1) is 11.4. The molecule has 1 aliphatic carbocycles. The van der Waals surface area contributed by atoms with Gasteiger partial charge in [-0.2, -0.15) is 0 Å². The SMILES string of the molecule is O=C(O)C1(C(F)c2ccccc2Cl)CCC1. The van der Waals surface area contributed by atoms with Crippen molar-refractivity contribution in [3.05, 3.63) is 34.9 Å². The summed E-state index contributed by atoms with van der Waals surface area (Å²) in [5.74, 6) is -1.06. The number of benzene rings is 1. The number of rotatable bonds is 3. The molecule has 86 valence electrons. The van der Waals surface area contributed by atoms with Crippen molar-refractivity contribution in [2.45, 2.75) is 25.4 Å². The number of hydrogen-bond acceptors (Lipinski definition) is 1. The summed E-state index contributed by atoms with van der Waals surface area (Å²) in [7, 11) is 0. The van der Waals surface area contributed by atoms with E-state index < -0.39 is 17.6 Å². The summed E-state index contributed by atoms with van der Waals surface area (Å²) >= 11 is 5.88. The molecule has 0 aliphatic heterocycles. The Balaban J connectivity index is 2.35. The van der Waals surface area contributed by atoms with Gasteiger partial charge < -0.3 is 5.11 Å². The second kappa shape index (κ2) is 4.06. The first-order valence-electron chi connectivity index (χ1n) is 5.20. The lowest BCUT2D eigenvalue weighted by atomic mass is 9.64. The molecule has 1 atom stereocenters. The van der Waals surface area contributed by atoms with Gasteiger partial charge in [-0.05, 0) is 18.9 Å². The highest BCUT2D eigenvalue weighted by atomic mass is 35.5. The monoisotopic (exact) mass is 242 g/mol. The van der Waals surface area contributed by atoms with Gasteiger partial charge in [-0.25, -0.2) is 4.39 Å². The Morgan fingerprint density at radius 3 is 2.50 bits per heavy atom. The molecule has 16 heavy (non-hydrogen) atoms. The summed E-state index contributed by atoms with van der Waals surface area (Å²) in [6.07, 6.45) is 0.00751. The number of carbonyl (C=O) groups is 1. The zero-order valence-corrected chi connectivity index (χ0v) is 9.38. The maximum atomic E-state index is 14.3. The third kappa shape index (κ3) is 1.59. The van der Waals surface area contributed by atoms with Crippen LogP contribution in [0, 0.1) is 5.41 Å². The Hall–Kier alpha value is -1.09. The van der Waals surface area contributed by atoms with Gasteiger partial charge in [0.1, 0.15) is 11.6 Å². The predicted molar refractivity (Wildman–Crippen MR) is 59.2 cm³/mol. The van der Waals surface area contributed by atoms with Gasteiger partial charge in [0, 0.05) is 10.6 Å². The van der Waals surface area contributed by atoms with Crippen LogP contribution in [-0.2, 0) is 4.79 Å². The van der Waals surface area contributed by atoms with Crippen LogP contribution >= 0.6 is 11.6 Å². The van der Waals surface area contributed by atoms with Crippen LogP contribution < -0.4 is 0 Å². The third-order valence-electron chi connectivity index (χ3n) is 3.34. The number of alkyl halides is 1. The predicted octanol–water partition coefficient (Wildman–Crippen LogP) is 3.61. The first-order valence-corrected chi connectivity index (χ1v) is 5.57. The average Bonchev–Trinajstić information content (AvgIpc) is 2.15. The maximum Gasteiger partial charge on any atom is 0.312 e. The average molecular weight is 243 g/mol.